The van der Waals surface area contributed by atoms with E-state index in [-0.39, 0.29) is 0 Å². The predicted molar refractivity (Wildman–Crippen MR) is 69.1 cm³/mol. The molecule has 0 spiro atoms. The SMILES string of the molecule is CCCC(C)CN(CCN)C(CC)CC. The summed E-state index contributed by atoms with van der Waals surface area (Å²) in [4.78, 5) is 2.58. The standard InChI is InChI=1S/C13H30N2/c1-5-8-12(4)11-15(10-9-14)13(6-2)7-3/h12-13H,5-11,14H2,1-4H3. The normalized spacial score (nSPS) is 13.8. The van der Waals surface area contributed by atoms with Crippen molar-refractivity contribution in [1.29, 1.82) is 0 Å². The maximum atomic E-state index is 5.68. The van der Waals surface area contributed by atoms with Crippen molar-refractivity contribution in [2.45, 2.75) is 59.4 Å². The Morgan fingerprint density at radius 1 is 1.13 bits per heavy atom. The second-order valence-electron chi connectivity index (χ2n) is 4.65. The van der Waals surface area contributed by atoms with Gasteiger partial charge in [0.15, 0.2) is 0 Å². The van der Waals surface area contributed by atoms with Crippen LogP contribution in [0.1, 0.15) is 53.4 Å². The average molecular weight is 214 g/mol. The Balaban J connectivity index is 4.11. The van der Waals surface area contributed by atoms with Crippen LogP contribution >= 0.6 is 0 Å². The summed E-state index contributed by atoms with van der Waals surface area (Å²) in [6, 6.07) is 0.729. The van der Waals surface area contributed by atoms with Crippen LogP contribution < -0.4 is 5.73 Å². The number of rotatable bonds is 9. The maximum Gasteiger partial charge on any atom is 0.0108 e. The van der Waals surface area contributed by atoms with Gasteiger partial charge in [-0.1, -0.05) is 34.1 Å². The number of nitrogens with two attached hydrogens (primary N) is 1. The van der Waals surface area contributed by atoms with Gasteiger partial charge in [-0.25, -0.2) is 0 Å². The summed E-state index contributed by atoms with van der Waals surface area (Å²) in [5.74, 6) is 0.808. The Hall–Kier alpha value is -0.0800. The van der Waals surface area contributed by atoms with E-state index in [0.717, 1.165) is 25.0 Å². The van der Waals surface area contributed by atoms with E-state index in [9.17, 15) is 0 Å². The molecule has 2 heteroatoms. The van der Waals surface area contributed by atoms with E-state index in [0.29, 0.717) is 0 Å². The molecule has 0 aliphatic rings. The van der Waals surface area contributed by atoms with Gasteiger partial charge in [0, 0.05) is 25.7 Å². The third-order valence-electron chi connectivity index (χ3n) is 3.20. The first-order chi connectivity index (χ1) is 7.19. The van der Waals surface area contributed by atoms with Crippen molar-refractivity contribution in [3.8, 4) is 0 Å². The first-order valence-electron chi connectivity index (χ1n) is 6.63. The minimum Gasteiger partial charge on any atom is -0.329 e. The summed E-state index contributed by atoms with van der Waals surface area (Å²) in [5, 5.41) is 0. The maximum absolute atomic E-state index is 5.68. The van der Waals surface area contributed by atoms with Gasteiger partial charge in [-0.2, -0.15) is 0 Å². The zero-order chi connectivity index (χ0) is 11.7. The van der Waals surface area contributed by atoms with Gasteiger partial charge in [-0.05, 0) is 25.2 Å². The van der Waals surface area contributed by atoms with Gasteiger partial charge < -0.3 is 5.73 Å². The summed E-state index contributed by atoms with van der Waals surface area (Å²) in [6.45, 7) is 12.2. The van der Waals surface area contributed by atoms with Crippen molar-refractivity contribution >= 4 is 0 Å². The zero-order valence-electron chi connectivity index (χ0n) is 11.1. The average Bonchev–Trinajstić information content (AvgIpc) is 2.20. The van der Waals surface area contributed by atoms with Crippen LogP contribution in [0.15, 0.2) is 0 Å². The third kappa shape index (κ3) is 6.16. The molecule has 0 aromatic rings. The van der Waals surface area contributed by atoms with Crippen LogP contribution in [0.4, 0.5) is 0 Å². The van der Waals surface area contributed by atoms with Gasteiger partial charge >= 0.3 is 0 Å². The molecule has 0 bridgehead atoms. The summed E-state index contributed by atoms with van der Waals surface area (Å²) in [5.41, 5.74) is 5.68. The van der Waals surface area contributed by atoms with Crippen molar-refractivity contribution in [3.63, 3.8) is 0 Å². The first kappa shape index (κ1) is 14.9. The molecule has 0 heterocycles. The lowest BCUT2D eigenvalue weighted by Gasteiger charge is -2.32. The fourth-order valence-corrected chi connectivity index (χ4v) is 2.38. The molecule has 0 radical (unpaired) electrons. The largest absolute Gasteiger partial charge is 0.329 e. The van der Waals surface area contributed by atoms with Crippen LogP contribution in [0.2, 0.25) is 0 Å². The lowest BCUT2D eigenvalue weighted by molar-refractivity contribution is 0.163. The molecule has 2 N–H and O–H groups in total. The molecule has 1 unspecified atom stereocenters. The molecule has 0 fully saturated rings. The molecule has 0 amide bonds. The fraction of sp³-hybridized carbons (Fsp3) is 1.00. The summed E-state index contributed by atoms with van der Waals surface area (Å²) in [7, 11) is 0. The Morgan fingerprint density at radius 3 is 2.13 bits per heavy atom. The van der Waals surface area contributed by atoms with Crippen molar-refractivity contribution in [1.82, 2.24) is 4.90 Å². The van der Waals surface area contributed by atoms with E-state index in [4.69, 9.17) is 5.73 Å². The molecule has 0 aliphatic heterocycles. The van der Waals surface area contributed by atoms with Gasteiger partial charge in [0.1, 0.15) is 0 Å². The summed E-state index contributed by atoms with van der Waals surface area (Å²) < 4.78 is 0. The number of nitrogens with zero attached hydrogens (tertiary/aromatic N) is 1. The van der Waals surface area contributed by atoms with Gasteiger partial charge in [0.2, 0.25) is 0 Å². The highest BCUT2D eigenvalue weighted by atomic mass is 15.2. The van der Waals surface area contributed by atoms with Crippen molar-refractivity contribution < 1.29 is 0 Å². The monoisotopic (exact) mass is 214 g/mol. The van der Waals surface area contributed by atoms with E-state index < -0.39 is 0 Å². The Kier molecular flexibility index (Phi) is 9.12. The molecule has 0 aliphatic carbocycles. The number of hydrogen-bond donors (Lipinski definition) is 1. The quantitative estimate of drug-likeness (QED) is 0.639. The highest BCUT2D eigenvalue weighted by Crippen LogP contribution is 2.13. The van der Waals surface area contributed by atoms with Gasteiger partial charge in [-0.15, -0.1) is 0 Å². The van der Waals surface area contributed by atoms with E-state index in [2.05, 4.69) is 32.6 Å². The van der Waals surface area contributed by atoms with E-state index in [1.807, 2.05) is 0 Å². The lowest BCUT2D eigenvalue weighted by Crippen LogP contribution is -2.40. The second-order valence-corrected chi connectivity index (χ2v) is 4.65. The van der Waals surface area contributed by atoms with Gasteiger partial charge in [0.05, 0.1) is 0 Å². The Labute approximate surface area is 96.2 Å². The molecule has 2 nitrogen and oxygen atoms in total. The lowest BCUT2D eigenvalue weighted by atomic mass is 10.0. The summed E-state index contributed by atoms with van der Waals surface area (Å²) in [6.07, 6.45) is 5.12. The summed E-state index contributed by atoms with van der Waals surface area (Å²) >= 11 is 0. The number of hydrogen-bond acceptors (Lipinski definition) is 2. The van der Waals surface area contributed by atoms with Crippen LogP contribution in [0.5, 0.6) is 0 Å². The predicted octanol–water partition coefficient (Wildman–Crippen LogP) is 2.87. The van der Waals surface area contributed by atoms with Crippen molar-refractivity contribution in [2.75, 3.05) is 19.6 Å². The smallest absolute Gasteiger partial charge is 0.0108 e. The molecule has 1 atom stereocenters. The Bertz CT molecular complexity index is 132. The molecule has 0 aromatic carbocycles. The highest BCUT2D eigenvalue weighted by molar-refractivity contribution is 4.71. The highest BCUT2D eigenvalue weighted by Gasteiger charge is 2.16. The van der Waals surface area contributed by atoms with Crippen LogP contribution in [0, 0.1) is 5.92 Å². The van der Waals surface area contributed by atoms with E-state index in [1.165, 1.54) is 32.2 Å². The van der Waals surface area contributed by atoms with Crippen LogP contribution in [0.3, 0.4) is 0 Å². The molecule has 0 rings (SSSR count). The van der Waals surface area contributed by atoms with E-state index in [1.54, 1.807) is 0 Å². The zero-order valence-corrected chi connectivity index (χ0v) is 11.1. The molecule has 15 heavy (non-hydrogen) atoms. The van der Waals surface area contributed by atoms with Crippen molar-refractivity contribution in [3.05, 3.63) is 0 Å². The second kappa shape index (κ2) is 9.17. The molecule has 0 aromatic heterocycles. The molecular formula is C13H30N2. The van der Waals surface area contributed by atoms with Crippen LogP contribution in [-0.4, -0.2) is 30.6 Å². The van der Waals surface area contributed by atoms with Gasteiger partial charge in [-0.3, -0.25) is 4.90 Å². The topological polar surface area (TPSA) is 29.3 Å². The minimum atomic E-state index is 0.729. The third-order valence-corrected chi connectivity index (χ3v) is 3.20. The minimum absolute atomic E-state index is 0.729. The molecule has 0 saturated carbocycles. The first-order valence-corrected chi connectivity index (χ1v) is 6.63. The molecular weight excluding hydrogens is 184 g/mol. The Morgan fingerprint density at radius 2 is 1.73 bits per heavy atom. The molecule has 0 saturated heterocycles. The van der Waals surface area contributed by atoms with Gasteiger partial charge in [0.25, 0.3) is 0 Å². The fourth-order valence-electron chi connectivity index (χ4n) is 2.38. The van der Waals surface area contributed by atoms with E-state index >= 15 is 0 Å². The van der Waals surface area contributed by atoms with Crippen molar-refractivity contribution in [2.24, 2.45) is 11.7 Å². The van der Waals surface area contributed by atoms with Crippen LogP contribution in [0.25, 0.3) is 0 Å². The van der Waals surface area contributed by atoms with Crippen LogP contribution in [-0.2, 0) is 0 Å². The molecule has 92 valence electrons.